The summed E-state index contributed by atoms with van der Waals surface area (Å²) in [7, 11) is 0. The Kier molecular flexibility index (Phi) is 3.62. The highest BCUT2D eigenvalue weighted by atomic mass is 16.5. The van der Waals surface area contributed by atoms with Gasteiger partial charge in [-0.15, -0.1) is 0 Å². The van der Waals surface area contributed by atoms with Gasteiger partial charge in [0.15, 0.2) is 11.5 Å². The molecule has 1 aromatic carbocycles. The monoisotopic (exact) mass is 248 g/mol. The van der Waals surface area contributed by atoms with Gasteiger partial charge < -0.3 is 14.6 Å². The average molecular weight is 248 g/mol. The first kappa shape index (κ1) is 12.2. The van der Waals surface area contributed by atoms with E-state index in [9.17, 15) is 9.59 Å². The Morgan fingerprint density at radius 2 is 1.94 bits per heavy atom. The average Bonchev–Trinajstić information content (AvgIpc) is 2.59. The Bertz CT molecular complexity index is 504. The van der Waals surface area contributed by atoms with Crippen molar-refractivity contribution in [2.75, 3.05) is 13.2 Å². The number of carbonyl (C=O) groups excluding carboxylic acids is 1. The van der Waals surface area contributed by atoms with Gasteiger partial charge in [-0.1, -0.05) is 6.07 Å². The van der Waals surface area contributed by atoms with Crippen LogP contribution in [0.15, 0.2) is 24.3 Å². The third-order valence-corrected chi connectivity index (χ3v) is 2.52. The van der Waals surface area contributed by atoms with Gasteiger partial charge in [-0.05, 0) is 23.8 Å². The maximum Gasteiger partial charge on any atom is 0.336 e. The molecule has 0 atom stereocenters. The summed E-state index contributed by atoms with van der Waals surface area (Å²) in [6, 6.07) is 4.82. The number of fused-ring (bicyclic) bond motifs is 1. The second kappa shape index (κ2) is 5.35. The van der Waals surface area contributed by atoms with E-state index in [-0.39, 0.29) is 5.57 Å². The normalized spacial score (nSPS) is 14.8. The predicted octanol–water partition coefficient (Wildman–Crippen LogP) is 1.51. The number of carboxylic acid groups (broad SMARTS) is 1. The van der Waals surface area contributed by atoms with Gasteiger partial charge in [0.1, 0.15) is 6.29 Å². The van der Waals surface area contributed by atoms with E-state index in [1.807, 2.05) is 0 Å². The first-order valence-corrected chi connectivity index (χ1v) is 5.51. The number of benzene rings is 1. The number of allylic oxidation sites excluding steroid dienone is 1. The Labute approximate surface area is 104 Å². The number of hydrogen-bond acceptors (Lipinski definition) is 4. The SMILES string of the molecule is O=C/C=C(/C(=O)O)c1ccc2c(c1)OCCCO2. The third kappa shape index (κ3) is 2.51. The van der Waals surface area contributed by atoms with Gasteiger partial charge in [0.05, 0.1) is 18.8 Å². The van der Waals surface area contributed by atoms with Crippen molar-refractivity contribution < 1.29 is 24.2 Å². The van der Waals surface area contributed by atoms with Crippen molar-refractivity contribution in [1.82, 2.24) is 0 Å². The summed E-state index contributed by atoms with van der Waals surface area (Å²) in [6.07, 6.45) is 2.24. The predicted molar refractivity (Wildman–Crippen MR) is 63.7 cm³/mol. The quantitative estimate of drug-likeness (QED) is 0.648. The topological polar surface area (TPSA) is 72.8 Å². The Morgan fingerprint density at radius 1 is 1.22 bits per heavy atom. The first-order valence-electron chi connectivity index (χ1n) is 5.51. The van der Waals surface area contributed by atoms with Crippen LogP contribution in [0.3, 0.4) is 0 Å². The largest absolute Gasteiger partial charge is 0.490 e. The Morgan fingerprint density at radius 3 is 2.61 bits per heavy atom. The van der Waals surface area contributed by atoms with Crippen molar-refractivity contribution in [2.45, 2.75) is 6.42 Å². The lowest BCUT2D eigenvalue weighted by Gasteiger charge is -2.09. The molecular formula is C13H12O5. The lowest BCUT2D eigenvalue weighted by molar-refractivity contribution is -0.130. The summed E-state index contributed by atoms with van der Waals surface area (Å²) >= 11 is 0. The van der Waals surface area contributed by atoms with Crippen LogP contribution < -0.4 is 9.47 Å². The molecule has 0 spiro atoms. The third-order valence-electron chi connectivity index (χ3n) is 2.52. The molecule has 0 saturated carbocycles. The van der Waals surface area contributed by atoms with Crippen LogP contribution >= 0.6 is 0 Å². The van der Waals surface area contributed by atoms with Gasteiger partial charge in [-0.3, -0.25) is 4.79 Å². The zero-order chi connectivity index (χ0) is 13.0. The summed E-state index contributed by atoms with van der Waals surface area (Å²) in [5, 5.41) is 9.02. The Hall–Kier alpha value is -2.30. The van der Waals surface area contributed by atoms with Gasteiger partial charge in [-0.2, -0.15) is 0 Å². The minimum atomic E-state index is -1.16. The summed E-state index contributed by atoms with van der Waals surface area (Å²) in [6.45, 7) is 1.10. The molecule has 18 heavy (non-hydrogen) atoms. The highest BCUT2D eigenvalue weighted by molar-refractivity contribution is 6.18. The lowest BCUT2D eigenvalue weighted by atomic mass is 10.1. The summed E-state index contributed by atoms with van der Waals surface area (Å²) < 4.78 is 10.9. The smallest absolute Gasteiger partial charge is 0.336 e. The van der Waals surface area contributed by atoms with E-state index in [2.05, 4.69) is 0 Å². The fourth-order valence-electron chi connectivity index (χ4n) is 1.69. The summed E-state index contributed by atoms with van der Waals surface area (Å²) in [5.41, 5.74) is 0.347. The molecule has 2 rings (SSSR count). The number of hydrogen-bond donors (Lipinski definition) is 1. The number of ether oxygens (including phenoxy) is 2. The summed E-state index contributed by atoms with van der Waals surface area (Å²) in [5.74, 6) is -0.0632. The molecule has 1 aromatic rings. The van der Waals surface area contributed by atoms with E-state index >= 15 is 0 Å². The molecule has 0 aliphatic carbocycles. The van der Waals surface area contributed by atoms with Gasteiger partial charge in [-0.25, -0.2) is 4.79 Å². The maximum atomic E-state index is 11.0. The molecule has 1 aliphatic heterocycles. The van der Waals surface area contributed by atoms with E-state index < -0.39 is 5.97 Å². The number of carbonyl (C=O) groups is 2. The molecule has 0 radical (unpaired) electrons. The molecule has 0 unspecified atom stereocenters. The molecule has 1 heterocycles. The highest BCUT2D eigenvalue weighted by Gasteiger charge is 2.15. The minimum Gasteiger partial charge on any atom is -0.490 e. The molecular weight excluding hydrogens is 236 g/mol. The fourth-order valence-corrected chi connectivity index (χ4v) is 1.69. The van der Waals surface area contributed by atoms with Gasteiger partial charge in [0.2, 0.25) is 0 Å². The van der Waals surface area contributed by atoms with Crippen molar-refractivity contribution in [3.63, 3.8) is 0 Å². The van der Waals surface area contributed by atoms with Gasteiger partial charge in [0.25, 0.3) is 0 Å². The second-order valence-corrected chi connectivity index (χ2v) is 3.73. The van der Waals surface area contributed by atoms with E-state index in [4.69, 9.17) is 14.6 Å². The molecule has 94 valence electrons. The fraction of sp³-hybridized carbons (Fsp3) is 0.231. The van der Waals surface area contributed by atoms with E-state index in [1.165, 1.54) is 0 Å². The van der Waals surface area contributed by atoms with Crippen LogP contribution in [0.4, 0.5) is 0 Å². The van der Waals surface area contributed by atoms with Crippen LogP contribution in [0.1, 0.15) is 12.0 Å². The molecule has 0 amide bonds. The Balaban J connectivity index is 2.40. The number of aliphatic carboxylic acids is 1. The molecule has 0 aromatic heterocycles. The van der Waals surface area contributed by atoms with E-state index in [0.717, 1.165) is 12.5 Å². The number of aldehydes is 1. The van der Waals surface area contributed by atoms with Gasteiger partial charge in [0, 0.05) is 6.42 Å². The zero-order valence-electron chi connectivity index (χ0n) is 9.59. The lowest BCUT2D eigenvalue weighted by Crippen LogP contribution is -2.01. The molecule has 0 bridgehead atoms. The van der Waals surface area contributed by atoms with Crippen LogP contribution in [0.25, 0.3) is 5.57 Å². The highest BCUT2D eigenvalue weighted by Crippen LogP contribution is 2.32. The van der Waals surface area contributed by atoms with Crippen molar-refractivity contribution >= 4 is 17.8 Å². The van der Waals surface area contributed by atoms with Crippen molar-refractivity contribution in [2.24, 2.45) is 0 Å². The van der Waals surface area contributed by atoms with Crippen LogP contribution in [-0.4, -0.2) is 30.6 Å². The van der Waals surface area contributed by atoms with E-state index in [0.29, 0.717) is 36.6 Å². The molecule has 1 aliphatic rings. The maximum absolute atomic E-state index is 11.0. The molecule has 1 N–H and O–H groups in total. The van der Waals surface area contributed by atoms with Crippen molar-refractivity contribution in [1.29, 1.82) is 0 Å². The van der Waals surface area contributed by atoms with E-state index in [1.54, 1.807) is 18.2 Å². The molecule has 5 heteroatoms. The second-order valence-electron chi connectivity index (χ2n) is 3.73. The minimum absolute atomic E-state index is 0.0688. The summed E-state index contributed by atoms with van der Waals surface area (Å²) in [4.78, 5) is 21.5. The zero-order valence-corrected chi connectivity index (χ0v) is 9.59. The van der Waals surface area contributed by atoms with Crippen LogP contribution in [0.2, 0.25) is 0 Å². The van der Waals surface area contributed by atoms with Crippen LogP contribution in [-0.2, 0) is 9.59 Å². The van der Waals surface area contributed by atoms with Crippen LogP contribution in [0.5, 0.6) is 11.5 Å². The standard InChI is InChI=1S/C13H12O5/c14-5-4-10(13(15)16)9-2-3-11-12(8-9)18-7-1-6-17-11/h2-5,8H,1,6-7H2,(H,15,16)/b10-4+. The number of carboxylic acids is 1. The van der Waals surface area contributed by atoms with Crippen LogP contribution in [0, 0.1) is 0 Å². The van der Waals surface area contributed by atoms with Crippen molar-refractivity contribution in [3.8, 4) is 11.5 Å². The number of rotatable bonds is 3. The molecule has 0 saturated heterocycles. The molecule has 0 fully saturated rings. The van der Waals surface area contributed by atoms with Gasteiger partial charge >= 0.3 is 5.97 Å². The first-order chi connectivity index (χ1) is 8.72. The van der Waals surface area contributed by atoms with Crippen molar-refractivity contribution in [3.05, 3.63) is 29.8 Å². The molecule has 5 nitrogen and oxygen atoms in total.